The molecular weight excluding hydrogens is 408 g/mol. The second-order valence-corrected chi connectivity index (χ2v) is 11.5. The average Bonchev–Trinajstić information content (AvgIpc) is 3.03. The first-order valence-electron chi connectivity index (χ1n) is 12.1. The molecular formula is C29H40N2O2. The Balaban J connectivity index is 1.93. The summed E-state index contributed by atoms with van der Waals surface area (Å²) in [6.07, 6.45) is 1.96. The van der Waals surface area contributed by atoms with E-state index in [4.69, 9.17) is 5.41 Å². The minimum absolute atomic E-state index is 0.000268. The molecule has 178 valence electrons. The zero-order chi connectivity index (χ0) is 24.6. The van der Waals surface area contributed by atoms with E-state index >= 15 is 0 Å². The molecule has 2 aromatic rings. The van der Waals surface area contributed by atoms with Crippen molar-refractivity contribution in [2.24, 2.45) is 5.92 Å². The molecule has 1 aliphatic rings. The molecule has 2 atom stereocenters. The summed E-state index contributed by atoms with van der Waals surface area (Å²) in [5.41, 5.74) is 2.87. The lowest BCUT2D eigenvalue weighted by Crippen LogP contribution is -2.32. The maximum absolute atomic E-state index is 13.5. The van der Waals surface area contributed by atoms with Crippen molar-refractivity contribution in [3.05, 3.63) is 64.7 Å². The monoisotopic (exact) mass is 448 g/mol. The number of nitrogens with zero attached hydrogens (tertiary/aromatic N) is 1. The number of ketones is 1. The maximum Gasteiger partial charge on any atom is 0.182 e. The van der Waals surface area contributed by atoms with Gasteiger partial charge in [0.2, 0.25) is 0 Å². The normalized spacial score (nSPS) is 19.2. The summed E-state index contributed by atoms with van der Waals surface area (Å²) in [4.78, 5) is 15.5. The van der Waals surface area contributed by atoms with E-state index in [0.29, 0.717) is 17.9 Å². The van der Waals surface area contributed by atoms with Crippen LogP contribution in [-0.2, 0) is 10.8 Å². The van der Waals surface area contributed by atoms with Crippen LogP contribution in [0, 0.1) is 11.3 Å². The summed E-state index contributed by atoms with van der Waals surface area (Å²) in [5.74, 6) is 1.24. The maximum atomic E-state index is 13.5. The predicted molar refractivity (Wildman–Crippen MR) is 137 cm³/mol. The van der Waals surface area contributed by atoms with Gasteiger partial charge >= 0.3 is 0 Å². The highest BCUT2D eigenvalue weighted by atomic mass is 16.3. The predicted octanol–water partition coefficient (Wildman–Crippen LogP) is 6.66. The summed E-state index contributed by atoms with van der Waals surface area (Å²) in [6, 6.07) is 14.1. The molecule has 1 heterocycles. The molecule has 0 amide bonds. The Kier molecular flexibility index (Phi) is 7.07. The third kappa shape index (κ3) is 5.31. The number of likely N-dealkylation sites (tertiary alicyclic amines) is 1. The van der Waals surface area contributed by atoms with Crippen molar-refractivity contribution in [2.45, 2.75) is 78.1 Å². The molecule has 0 unspecified atom stereocenters. The van der Waals surface area contributed by atoms with Gasteiger partial charge in [-0.1, -0.05) is 85.2 Å². The molecule has 33 heavy (non-hydrogen) atoms. The standard InChI is InChI=1S/C29H40N2O2/c1-8-12-21-22(19-13-10-9-11-14-19)17-31(27(21)30)18-25(32)20-15-23(28(2,3)4)26(33)24(16-20)29(5,6)7/h9-11,13-16,21-22,30,33H,8,12,17-18H2,1-7H3/t21-,22-/m1/s1. The van der Waals surface area contributed by atoms with Crippen LogP contribution in [0.5, 0.6) is 5.75 Å². The van der Waals surface area contributed by atoms with Crippen LogP contribution in [-0.4, -0.2) is 34.7 Å². The van der Waals surface area contributed by atoms with Gasteiger partial charge in [-0.25, -0.2) is 0 Å². The van der Waals surface area contributed by atoms with Crippen molar-refractivity contribution in [1.82, 2.24) is 4.90 Å². The SMILES string of the molecule is CCC[C@H]1C(=N)N(CC(=O)c2cc(C(C)(C)C)c(O)c(C(C)(C)C)c2)C[C@@H]1c1ccccc1. The molecule has 0 radical (unpaired) electrons. The van der Waals surface area contributed by atoms with E-state index in [0.717, 1.165) is 24.0 Å². The number of hydrogen-bond donors (Lipinski definition) is 2. The van der Waals surface area contributed by atoms with E-state index in [2.05, 4.69) is 60.6 Å². The molecule has 0 bridgehead atoms. The largest absolute Gasteiger partial charge is 0.507 e. The molecule has 0 saturated carbocycles. The quantitative estimate of drug-likeness (QED) is 0.486. The topological polar surface area (TPSA) is 64.4 Å². The third-order valence-electron chi connectivity index (χ3n) is 6.80. The van der Waals surface area contributed by atoms with Crippen LogP contribution in [0.1, 0.15) is 94.3 Å². The molecule has 2 N–H and O–H groups in total. The first-order chi connectivity index (χ1) is 15.3. The molecule has 0 spiro atoms. The Morgan fingerprint density at radius 1 is 1.03 bits per heavy atom. The highest BCUT2D eigenvalue weighted by Crippen LogP contribution is 2.40. The number of benzene rings is 2. The van der Waals surface area contributed by atoms with Gasteiger partial charge in [0.25, 0.3) is 0 Å². The van der Waals surface area contributed by atoms with Gasteiger partial charge in [-0.15, -0.1) is 0 Å². The Hall–Kier alpha value is -2.62. The van der Waals surface area contributed by atoms with Gasteiger partial charge in [0.05, 0.1) is 6.54 Å². The summed E-state index contributed by atoms with van der Waals surface area (Å²) in [6.45, 7) is 15.4. The fourth-order valence-corrected chi connectivity index (χ4v) is 4.93. The molecule has 1 saturated heterocycles. The van der Waals surface area contributed by atoms with E-state index < -0.39 is 0 Å². The van der Waals surface area contributed by atoms with Crippen LogP contribution in [0.3, 0.4) is 0 Å². The third-order valence-corrected chi connectivity index (χ3v) is 6.80. The molecule has 4 nitrogen and oxygen atoms in total. The number of nitrogens with one attached hydrogen (secondary N) is 1. The van der Waals surface area contributed by atoms with Gasteiger partial charge < -0.3 is 10.0 Å². The number of Topliss-reactive ketones (excluding diaryl/α,β-unsaturated/α-hetero) is 1. The highest BCUT2D eigenvalue weighted by Gasteiger charge is 2.38. The average molecular weight is 449 g/mol. The summed E-state index contributed by atoms with van der Waals surface area (Å²) >= 11 is 0. The number of phenolic OH excluding ortho intramolecular Hbond substituents is 1. The first kappa shape index (κ1) is 25.0. The Labute approximate surface area is 199 Å². The fourth-order valence-electron chi connectivity index (χ4n) is 4.93. The number of carbonyl (C=O) groups excluding carboxylic acids is 1. The molecule has 0 aromatic heterocycles. The van der Waals surface area contributed by atoms with E-state index in [1.807, 2.05) is 35.2 Å². The second kappa shape index (κ2) is 9.32. The second-order valence-electron chi connectivity index (χ2n) is 11.5. The lowest BCUT2D eigenvalue weighted by molar-refractivity contribution is 0.0964. The lowest BCUT2D eigenvalue weighted by atomic mass is 9.78. The van der Waals surface area contributed by atoms with Crippen LogP contribution in [0.15, 0.2) is 42.5 Å². The van der Waals surface area contributed by atoms with Crippen LogP contribution >= 0.6 is 0 Å². The van der Waals surface area contributed by atoms with Crippen molar-refractivity contribution in [3.8, 4) is 5.75 Å². The van der Waals surface area contributed by atoms with Gasteiger partial charge in [0, 0.05) is 35.1 Å². The Bertz CT molecular complexity index is 977. The van der Waals surface area contributed by atoms with Crippen LogP contribution in [0.25, 0.3) is 0 Å². The van der Waals surface area contributed by atoms with Crippen LogP contribution < -0.4 is 0 Å². The van der Waals surface area contributed by atoms with Gasteiger partial charge in [0.1, 0.15) is 11.6 Å². The molecule has 1 fully saturated rings. The smallest absolute Gasteiger partial charge is 0.182 e. The minimum Gasteiger partial charge on any atom is -0.507 e. The van der Waals surface area contributed by atoms with Crippen LogP contribution in [0.4, 0.5) is 0 Å². The summed E-state index contributed by atoms with van der Waals surface area (Å²) < 4.78 is 0. The fraction of sp³-hybridized carbons (Fsp3) is 0.517. The molecule has 4 heteroatoms. The van der Waals surface area contributed by atoms with Gasteiger partial charge in [-0.2, -0.15) is 0 Å². The zero-order valence-corrected chi connectivity index (χ0v) is 21.3. The minimum atomic E-state index is -0.286. The van der Waals surface area contributed by atoms with Gasteiger partial charge in [0.15, 0.2) is 5.78 Å². The summed E-state index contributed by atoms with van der Waals surface area (Å²) in [7, 11) is 0. The number of amidine groups is 1. The van der Waals surface area contributed by atoms with Crippen molar-refractivity contribution in [1.29, 1.82) is 5.41 Å². The molecule has 2 aromatic carbocycles. The molecule has 3 rings (SSSR count). The number of aromatic hydroxyl groups is 1. The Morgan fingerprint density at radius 2 is 1.58 bits per heavy atom. The van der Waals surface area contributed by atoms with Crippen molar-refractivity contribution >= 4 is 11.6 Å². The number of carbonyl (C=O) groups is 1. The van der Waals surface area contributed by atoms with Crippen molar-refractivity contribution < 1.29 is 9.90 Å². The van der Waals surface area contributed by atoms with E-state index in [1.165, 1.54) is 5.56 Å². The van der Waals surface area contributed by atoms with Crippen molar-refractivity contribution in [3.63, 3.8) is 0 Å². The highest BCUT2D eigenvalue weighted by molar-refractivity contribution is 6.01. The lowest BCUT2D eigenvalue weighted by Gasteiger charge is -2.28. The number of phenols is 1. The zero-order valence-electron chi connectivity index (χ0n) is 21.3. The van der Waals surface area contributed by atoms with Gasteiger partial charge in [-0.05, 0) is 34.9 Å². The van der Waals surface area contributed by atoms with Crippen molar-refractivity contribution in [2.75, 3.05) is 13.1 Å². The number of hydrogen-bond acceptors (Lipinski definition) is 3. The van der Waals surface area contributed by atoms with Crippen LogP contribution in [0.2, 0.25) is 0 Å². The van der Waals surface area contributed by atoms with E-state index in [1.54, 1.807) is 0 Å². The van der Waals surface area contributed by atoms with Gasteiger partial charge in [-0.3, -0.25) is 10.2 Å². The van der Waals surface area contributed by atoms with E-state index in [9.17, 15) is 9.90 Å². The summed E-state index contributed by atoms with van der Waals surface area (Å²) in [5, 5.41) is 19.8. The van der Waals surface area contributed by atoms with E-state index in [-0.39, 0.29) is 40.7 Å². The molecule has 1 aliphatic heterocycles. The Morgan fingerprint density at radius 3 is 2.06 bits per heavy atom. The first-order valence-corrected chi connectivity index (χ1v) is 12.1. The number of rotatable bonds is 6. The molecule has 0 aliphatic carbocycles.